The highest BCUT2D eigenvalue weighted by molar-refractivity contribution is 6.10. The van der Waals surface area contributed by atoms with E-state index in [1.165, 1.54) is 0 Å². The van der Waals surface area contributed by atoms with Crippen molar-refractivity contribution in [3.63, 3.8) is 0 Å². The predicted octanol–water partition coefficient (Wildman–Crippen LogP) is 3.27. The van der Waals surface area contributed by atoms with Crippen molar-refractivity contribution in [2.45, 2.75) is 6.92 Å². The van der Waals surface area contributed by atoms with Gasteiger partial charge in [0.05, 0.1) is 23.1 Å². The first kappa shape index (κ1) is 16.7. The van der Waals surface area contributed by atoms with Crippen LogP contribution in [0.3, 0.4) is 0 Å². The lowest BCUT2D eigenvalue weighted by Crippen LogP contribution is -2.23. The predicted molar refractivity (Wildman–Crippen MR) is 105 cm³/mol. The molecule has 2 aromatic carbocycles. The molecule has 0 aliphatic heterocycles. The van der Waals surface area contributed by atoms with Crippen LogP contribution in [0.5, 0.6) is 5.75 Å². The van der Waals surface area contributed by atoms with Gasteiger partial charge in [0, 0.05) is 18.0 Å². The molecule has 0 amide bonds. The molecular formula is C20H19N5O2. The highest BCUT2D eigenvalue weighted by Gasteiger charge is 2.25. The Morgan fingerprint density at radius 3 is 2.41 bits per heavy atom. The van der Waals surface area contributed by atoms with Gasteiger partial charge in [0.15, 0.2) is 0 Å². The molecule has 2 aromatic heterocycles. The van der Waals surface area contributed by atoms with Crippen LogP contribution in [0.4, 0.5) is 0 Å². The van der Waals surface area contributed by atoms with E-state index in [1.54, 1.807) is 27.6 Å². The van der Waals surface area contributed by atoms with Crippen LogP contribution in [0.15, 0.2) is 59.9 Å². The number of hydrogen-bond acceptors (Lipinski definition) is 4. The van der Waals surface area contributed by atoms with Crippen LogP contribution >= 0.6 is 0 Å². The summed E-state index contributed by atoms with van der Waals surface area (Å²) in [5, 5.41) is 27.7. The number of aromatic hydroxyl groups is 1. The van der Waals surface area contributed by atoms with Gasteiger partial charge in [-0.2, -0.15) is 5.10 Å². The average molecular weight is 361 g/mol. The number of nitrogens with zero attached hydrogens (tertiary/aromatic N) is 4. The minimum absolute atomic E-state index is 0.0353. The van der Waals surface area contributed by atoms with E-state index in [0.717, 1.165) is 39.0 Å². The van der Waals surface area contributed by atoms with E-state index in [2.05, 4.69) is 10.3 Å². The number of aryl methyl sites for hydroxylation is 2. The molecule has 0 aliphatic rings. The molecule has 27 heavy (non-hydrogen) atoms. The van der Waals surface area contributed by atoms with Crippen LogP contribution in [-0.4, -0.2) is 30.6 Å². The van der Waals surface area contributed by atoms with E-state index in [-0.39, 0.29) is 11.7 Å². The van der Waals surface area contributed by atoms with Crippen LogP contribution in [-0.2, 0) is 7.05 Å². The van der Waals surface area contributed by atoms with Gasteiger partial charge in [0.25, 0.3) is 0 Å². The Kier molecular flexibility index (Phi) is 3.84. The van der Waals surface area contributed by atoms with Crippen molar-refractivity contribution in [2.24, 2.45) is 17.9 Å². The molecule has 0 radical (unpaired) electrons. The van der Waals surface area contributed by atoms with Crippen molar-refractivity contribution < 1.29 is 10.3 Å². The summed E-state index contributed by atoms with van der Waals surface area (Å²) in [5.74, 6) is 0.156. The zero-order chi connectivity index (χ0) is 19.1. The van der Waals surface area contributed by atoms with E-state index >= 15 is 0 Å². The lowest BCUT2D eigenvalue weighted by Gasteiger charge is -2.12. The molecule has 0 fully saturated rings. The second-order valence-electron chi connectivity index (χ2n) is 6.38. The minimum Gasteiger partial charge on any atom is -0.508 e. The number of rotatable bonds is 2. The molecule has 0 atom stereocenters. The molecule has 0 bridgehead atoms. The van der Waals surface area contributed by atoms with E-state index in [9.17, 15) is 10.3 Å². The summed E-state index contributed by atoms with van der Waals surface area (Å²) in [6.45, 7) is 1.97. The molecule has 4 aromatic rings. The van der Waals surface area contributed by atoms with Gasteiger partial charge < -0.3 is 16.0 Å². The van der Waals surface area contributed by atoms with Crippen molar-refractivity contribution in [2.75, 3.05) is 0 Å². The maximum absolute atomic E-state index is 9.70. The number of fused-ring (bicyclic) bond motifs is 1. The number of hydrogen-bond donors (Lipinski definition) is 3. The lowest BCUT2D eigenvalue weighted by atomic mass is 9.99. The van der Waals surface area contributed by atoms with Gasteiger partial charge >= 0.3 is 0 Å². The number of phenols is 1. The third kappa shape index (κ3) is 2.52. The van der Waals surface area contributed by atoms with Gasteiger partial charge in [-0.05, 0) is 36.2 Å². The van der Waals surface area contributed by atoms with E-state index in [1.807, 2.05) is 50.4 Å². The number of para-hydroxylation sites is 1. The van der Waals surface area contributed by atoms with Crippen molar-refractivity contribution in [1.82, 2.24) is 14.3 Å². The fourth-order valence-electron chi connectivity index (χ4n) is 3.55. The van der Waals surface area contributed by atoms with Crippen LogP contribution in [0.2, 0.25) is 0 Å². The molecule has 7 heteroatoms. The zero-order valence-electron chi connectivity index (χ0n) is 15.0. The Bertz CT molecular complexity index is 1150. The topological polar surface area (TPSA) is 102 Å². The SMILES string of the molecule is Cc1cnn(C)c1-c1c(-c2ccc(O)cc2)c2ccccc2n1/C(N)=N/O. The smallest absolute Gasteiger partial charge is 0.242 e. The first-order chi connectivity index (χ1) is 13.0. The van der Waals surface area contributed by atoms with Crippen LogP contribution in [0.1, 0.15) is 5.56 Å². The summed E-state index contributed by atoms with van der Waals surface area (Å²) in [5.41, 5.74) is 11.3. The monoisotopic (exact) mass is 361 g/mol. The molecule has 7 nitrogen and oxygen atoms in total. The van der Waals surface area contributed by atoms with E-state index < -0.39 is 0 Å². The summed E-state index contributed by atoms with van der Waals surface area (Å²) < 4.78 is 3.50. The normalized spacial score (nSPS) is 12.0. The minimum atomic E-state index is -0.0353. The fraction of sp³-hybridized carbons (Fsp3) is 0.100. The quantitative estimate of drug-likeness (QED) is 0.221. The maximum atomic E-state index is 9.70. The molecule has 2 heterocycles. The van der Waals surface area contributed by atoms with Gasteiger partial charge in [-0.1, -0.05) is 35.5 Å². The number of phenolic OH excluding ortho intramolecular Hbond substituents is 1. The molecular weight excluding hydrogens is 342 g/mol. The zero-order valence-corrected chi connectivity index (χ0v) is 15.0. The summed E-state index contributed by atoms with van der Waals surface area (Å²) in [6, 6.07) is 14.8. The Balaban J connectivity index is 2.22. The molecule has 0 unspecified atom stereocenters. The Morgan fingerprint density at radius 2 is 1.78 bits per heavy atom. The Morgan fingerprint density at radius 1 is 1.07 bits per heavy atom. The van der Waals surface area contributed by atoms with Crippen molar-refractivity contribution in [3.05, 3.63) is 60.3 Å². The molecule has 4 N–H and O–H groups in total. The number of oxime groups is 1. The third-order valence-electron chi connectivity index (χ3n) is 4.71. The lowest BCUT2D eigenvalue weighted by molar-refractivity contribution is 0.316. The highest BCUT2D eigenvalue weighted by Crippen LogP contribution is 2.41. The summed E-state index contributed by atoms with van der Waals surface area (Å²) in [6.07, 6.45) is 1.78. The Labute approximate surface area is 155 Å². The number of aromatic nitrogens is 3. The first-order valence-electron chi connectivity index (χ1n) is 8.42. The molecule has 0 spiro atoms. The molecule has 0 saturated carbocycles. The summed E-state index contributed by atoms with van der Waals surface area (Å²) in [7, 11) is 1.86. The van der Waals surface area contributed by atoms with Crippen LogP contribution in [0.25, 0.3) is 33.4 Å². The summed E-state index contributed by atoms with van der Waals surface area (Å²) in [4.78, 5) is 0. The standard InChI is InChI=1S/C20H19N5O2/c1-12-11-22-24(2)18(12)19-17(13-7-9-14(26)10-8-13)15-5-3-4-6-16(15)25(19)20(21)23-27/h3-11,26-27H,1-2H3,(H2,21,23). The molecule has 4 rings (SSSR count). The second kappa shape index (κ2) is 6.21. The van der Waals surface area contributed by atoms with Crippen molar-refractivity contribution in [3.8, 4) is 28.3 Å². The van der Waals surface area contributed by atoms with E-state index in [4.69, 9.17) is 5.73 Å². The Hall–Kier alpha value is -3.74. The second-order valence-corrected chi connectivity index (χ2v) is 6.38. The maximum Gasteiger partial charge on any atom is 0.242 e. The molecule has 0 aliphatic carbocycles. The van der Waals surface area contributed by atoms with Gasteiger partial charge in [-0.15, -0.1) is 0 Å². The van der Waals surface area contributed by atoms with Crippen LogP contribution in [0, 0.1) is 6.92 Å². The fourth-order valence-corrected chi connectivity index (χ4v) is 3.55. The molecule has 136 valence electrons. The third-order valence-corrected chi connectivity index (χ3v) is 4.71. The number of nitrogens with two attached hydrogens (primary N) is 1. The average Bonchev–Trinajstić information content (AvgIpc) is 3.18. The largest absolute Gasteiger partial charge is 0.508 e. The van der Waals surface area contributed by atoms with Gasteiger partial charge in [-0.3, -0.25) is 9.25 Å². The summed E-state index contributed by atoms with van der Waals surface area (Å²) >= 11 is 0. The van der Waals surface area contributed by atoms with Crippen LogP contribution < -0.4 is 5.73 Å². The highest BCUT2D eigenvalue weighted by atomic mass is 16.4. The molecule has 0 saturated heterocycles. The van der Waals surface area contributed by atoms with Gasteiger partial charge in [-0.25, -0.2) is 0 Å². The van der Waals surface area contributed by atoms with Gasteiger partial charge in [0.1, 0.15) is 5.75 Å². The first-order valence-corrected chi connectivity index (χ1v) is 8.42. The number of benzene rings is 2. The van der Waals surface area contributed by atoms with Crippen molar-refractivity contribution in [1.29, 1.82) is 0 Å². The van der Waals surface area contributed by atoms with E-state index in [0.29, 0.717) is 0 Å². The van der Waals surface area contributed by atoms with Gasteiger partial charge in [0.2, 0.25) is 5.96 Å². The van der Waals surface area contributed by atoms with Crippen molar-refractivity contribution >= 4 is 16.9 Å².